The van der Waals surface area contributed by atoms with Crippen molar-refractivity contribution in [2.24, 2.45) is 11.3 Å². The van der Waals surface area contributed by atoms with Crippen molar-refractivity contribution in [1.29, 1.82) is 0 Å². The molecule has 1 unspecified atom stereocenters. The van der Waals surface area contributed by atoms with Crippen LogP contribution in [0.25, 0.3) is 0 Å². The van der Waals surface area contributed by atoms with E-state index in [1.165, 1.54) is 0 Å². The fraction of sp³-hybridized carbons (Fsp3) is 0.467. The van der Waals surface area contributed by atoms with Crippen molar-refractivity contribution in [3.8, 4) is 0 Å². The average molecular weight is 261 g/mol. The number of aliphatic carboxylic acids is 1. The van der Waals surface area contributed by atoms with Crippen LogP contribution in [0, 0.1) is 11.3 Å². The summed E-state index contributed by atoms with van der Waals surface area (Å²) in [5.74, 6) is -0.831. The van der Waals surface area contributed by atoms with Gasteiger partial charge in [-0.2, -0.15) is 0 Å². The van der Waals surface area contributed by atoms with Gasteiger partial charge in [-0.3, -0.25) is 9.59 Å². The smallest absolute Gasteiger partial charge is 0.305 e. The second-order valence-electron chi connectivity index (χ2n) is 5.71. The minimum atomic E-state index is -0.885. The Kier molecular flexibility index (Phi) is 3.60. The number of carboxylic acid groups (broad SMARTS) is 1. The highest BCUT2D eigenvalue weighted by Crippen LogP contribution is 2.52. The molecule has 1 saturated carbocycles. The van der Waals surface area contributed by atoms with Crippen molar-refractivity contribution in [2.45, 2.75) is 26.7 Å². The minimum Gasteiger partial charge on any atom is -0.481 e. The van der Waals surface area contributed by atoms with Gasteiger partial charge in [0.2, 0.25) is 5.91 Å². The van der Waals surface area contributed by atoms with E-state index < -0.39 is 5.97 Å². The first-order valence-electron chi connectivity index (χ1n) is 6.50. The maximum absolute atomic E-state index is 12.5. The molecule has 0 bridgehead atoms. The van der Waals surface area contributed by atoms with Crippen molar-refractivity contribution in [2.75, 3.05) is 11.4 Å². The summed E-state index contributed by atoms with van der Waals surface area (Å²) in [5.41, 5.74) is 0.823. The summed E-state index contributed by atoms with van der Waals surface area (Å²) in [5, 5.41) is 8.81. The quantitative estimate of drug-likeness (QED) is 0.886. The number of carboxylic acids is 1. The molecule has 0 heterocycles. The molecule has 0 spiro atoms. The first kappa shape index (κ1) is 13.6. The van der Waals surface area contributed by atoms with Gasteiger partial charge in [0.15, 0.2) is 0 Å². The summed E-state index contributed by atoms with van der Waals surface area (Å²) >= 11 is 0. The Morgan fingerprint density at radius 1 is 1.32 bits per heavy atom. The van der Waals surface area contributed by atoms with Crippen molar-refractivity contribution in [3.05, 3.63) is 30.3 Å². The molecule has 1 aliphatic carbocycles. The highest BCUT2D eigenvalue weighted by atomic mass is 16.4. The normalized spacial score (nSPS) is 19.8. The number of benzene rings is 1. The summed E-state index contributed by atoms with van der Waals surface area (Å²) in [4.78, 5) is 24.8. The number of anilines is 1. The Hall–Kier alpha value is -1.84. The molecule has 1 fully saturated rings. The van der Waals surface area contributed by atoms with Gasteiger partial charge in [0, 0.05) is 18.2 Å². The van der Waals surface area contributed by atoms with Crippen LogP contribution in [0.1, 0.15) is 26.7 Å². The minimum absolute atomic E-state index is 0.0153. The summed E-state index contributed by atoms with van der Waals surface area (Å²) in [6.45, 7) is 4.36. The molecule has 2 rings (SSSR count). The molecule has 19 heavy (non-hydrogen) atoms. The summed E-state index contributed by atoms with van der Waals surface area (Å²) in [6, 6.07) is 9.28. The lowest BCUT2D eigenvalue weighted by molar-refractivity contribution is -0.136. The predicted molar refractivity (Wildman–Crippen MR) is 72.9 cm³/mol. The third-order valence-corrected chi connectivity index (χ3v) is 3.69. The lowest BCUT2D eigenvalue weighted by atomic mass is 10.1. The Bertz CT molecular complexity index is 481. The van der Waals surface area contributed by atoms with E-state index in [1.54, 1.807) is 4.90 Å². The SMILES string of the molecule is CC1(C)CC1C(=O)N(CCC(=O)O)c1ccccc1. The molecule has 1 aromatic rings. The fourth-order valence-corrected chi connectivity index (χ4v) is 2.26. The van der Waals surface area contributed by atoms with E-state index in [2.05, 4.69) is 13.8 Å². The van der Waals surface area contributed by atoms with E-state index in [0.29, 0.717) is 0 Å². The van der Waals surface area contributed by atoms with Gasteiger partial charge in [-0.15, -0.1) is 0 Å². The molecule has 0 aliphatic heterocycles. The van der Waals surface area contributed by atoms with E-state index in [4.69, 9.17) is 5.11 Å². The average Bonchev–Trinajstić information content (AvgIpc) is 2.99. The molecule has 102 valence electrons. The van der Waals surface area contributed by atoms with Crippen molar-refractivity contribution >= 4 is 17.6 Å². The van der Waals surface area contributed by atoms with Crippen molar-refractivity contribution in [1.82, 2.24) is 0 Å². The zero-order valence-corrected chi connectivity index (χ0v) is 11.3. The molecule has 1 aromatic carbocycles. The number of hydrogen-bond donors (Lipinski definition) is 1. The van der Waals surface area contributed by atoms with Gasteiger partial charge in [0.05, 0.1) is 6.42 Å². The summed E-state index contributed by atoms with van der Waals surface area (Å²) in [6.07, 6.45) is 0.843. The van der Waals surface area contributed by atoms with Crippen molar-refractivity contribution in [3.63, 3.8) is 0 Å². The van der Waals surface area contributed by atoms with Gasteiger partial charge in [-0.1, -0.05) is 32.0 Å². The van der Waals surface area contributed by atoms with Crippen LogP contribution in [0.5, 0.6) is 0 Å². The van der Waals surface area contributed by atoms with Crippen LogP contribution in [-0.2, 0) is 9.59 Å². The number of para-hydroxylation sites is 1. The molecule has 4 nitrogen and oxygen atoms in total. The van der Waals surface area contributed by atoms with Crippen LogP contribution in [-0.4, -0.2) is 23.5 Å². The van der Waals surface area contributed by atoms with Gasteiger partial charge in [-0.05, 0) is 24.0 Å². The summed E-state index contributed by atoms with van der Waals surface area (Å²) in [7, 11) is 0. The second kappa shape index (κ2) is 5.03. The van der Waals surface area contributed by atoms with Crippen LogP contribution in [0.15, 0.2) is 30.3 Å². The molecule has 1 amide bonds. The third kappa shape index (κ3) is 3.13. The Morgan fingerprint density at radius 3 is 2.37 bits per heavy atom. The number of carbonyl (C=O) groups excluding carboxylic acids is 1. The lowest BCUT2D eigenvalue weighted by Gasteiger charge is -2.23. The molecule has 0 aromatic heterocycles. The predicted octanol–water partition coefficient (Wildman–Crippen LogP) is 2.54. The number of carbonyl (C=O) groups is 2. The van der Waals surface area contributed by atoms with Gasteiger partial charge in [0.1, 0.15) is 0 Å². The van der Waals surface area contributed by atoms with E-state index in [9.17, 15) is 9.59 Å². The van der Waals surface area contributed by atoms with Gasteiger partial charge in [-0.25, -0.2) is 0 Å². The first-order valence-corrected chi connectivity index (χ1v) is 6.50. The Labute approximate surface area is 113 Å². The van der Waals surface area contributed by atoms with Crippen LogP contribution < -0.4 is 4.90 Å². The Morgan fingerprint density at radius 2 is 1.89 bits per heavy atom. The van der Waals surface area contributed by atoms with Crippen LogP contribution >= 0.6 is 0 Å². The van der Waals surface area contributed by atoms with Crippen LogP contribution in [0.2, 0.25) is 0 Å². The number of nitrogens with zero attached hydrogens (tertiary/aromatic N) is 1. The van der Waals surface area contributed by atoms with Crippen molar-refractivity contribution < 1.29 is 14.7 Å². The van der Waals surface area contributed by atoms with E-state index in [1.807, 2.05) is 30.3 Å². The molecule has 4 heteroatoms. The van der Waals surface area contributed by atoms with Gasteiger partial charge in [0.25, 0.3) is 0 Å². The number of hydrogen-bond acceptors (Lipinski definition) is 2. The van der Waals surface area contributed by atoms with E-state index in [0.717, 1.165) is 12.1 Å². The molecular formula is C15H19NO3. The van der Waals surface area contributed by atoms with Gasteiger partial charge < -0.3 is 10.0 Å². The van der Waals surface area contributed by atoms with Crippen LogP contribution in [0.3, 0.4) is 0 Å². The largest absolute Gasteiger partial charge is 0.481 e. The maximum atomic E-state index is 12.5. The number of rotatable bonds is 5. The summed E-state index contributed by atoms with van der Waals surface area (Å²) < 4.78 is 0. The molecule has 0 saturated heterocycles. The third-order valence-electron chi connectivity index (χ3n) is 3.69. The maximum Gasteiger partial charge on any atom is 0.305 e. The van der Waals surface area contributed by atoms with Crippen LogP contribution in [0.4, 0.5) is 5.69 Å². The first-order chi connectivity index (χ1) is 8.92. The molecule has 1 atom stereocenters. The van der Waals surface area contributed by atoms with E-state index in [-0.39, 0.29) is 30.2 Å². The topological polar surface area (TPSA) is 57.6 Å². The second-order valence-corrected chi connectivity index (χ2v) is 5.71. The van der Waals surface area contributed by atoms with E-state index >= 15 is 0 Å². The molecular weight excluding hydrogens is 242 g/mol. The molecule has 0 radical (unpaired) electrons. The highest BCUT2D eigenvalue weighted by Gasteiger charge is 2.52. The fourth-order valence-electron chi connectivity index (χ4n) is 2.26. The van der Waals surface area contributed by atoms with Gasteiger partial charge >= 0.3 is 5.97 Å². The molecule has 1 aliphatic rings. The standard InChI is InChI=1S/C15H19NO3/c1-15(2)10-12(15)14(19)16(9-8-13(17)18)11-6-4-3-5-7-11/h3-7,12H,8-10H2,1-2H3,(H,17,18). The zero-order chi connectivity index (χ0) is 14.0. The zero-order valence-electron chi connectivity index (χ0n) is 11.3. The molecule has 1 N–H and O–H groups in total. The monoisotopic (exact) mass is 261 g/mol. The lowest BCUT2D eigenvalue weighted by Crippen LogP contribution is -2.35. The highest BCUT2D eigenvalue weighted by molar-refractivity contribution is 5.97. The Balaban J connectivity index is 2.15. The number of amides is 1.